The minimum atomic E-state index is -1.80. The van der Waals surface area contributed by atoms with Gasteiger partial charge >= 0.3 is 5.97 Å². The molecule has 3 aliphatic heterocycles. The number of epoxide rings is 1. The fourth-order valence-corrected chi connectivity index (χ4v) is 7.42. The van der Waals surface area contributed by atoms with Gasteiger partial charge in [-0.15, -0.1) is 5.92 Å². The molecular weight excluding hydrogens is 520 g/mol. The Kier molecular flexibility index (Phi) is 11.2. The summed E-state index contributed by atoms with van der Waals surface area (Å²) in [4.78, 5) is 12.7. The van der Waals surface area contributed by atoms with Crippen LogP contribution in [0.3, 0.4) is 0 Å². The molecule has 7 heteroatoms. The predicted octanol–water partition coefficient (Wildman–Crippen LogP) is 6.98. The normalized spacial score (nSPS) is 36.9. The van der Waals surface area contributed by atoms with Crippen LogP contribution in [0.2, 0.25) is 0 Å². The predicted molar refractivity (Wildman–Crippen MR) is 156 cm³/mol. The Labute approximate surface area is 247 Å². The van der Waals surface area contributed by atoms with Crippen molar-refractivity contribution in [1.82, 2.24) is 0 Å². The first-order valence-electron chi connectivity index (χ1n) is 16.6. The third kappa shape index (κ3) is 8.57. The van der Waals surface area contributed by atoms with Crippen molar-refractivity contribution in [3.8, 4) is 11.8 Å². The lowest BCUT2D eigenvalue weighted by Crippen LogP contribution is -2.51. The lowest BCUT2D eigenvalue weighted by molar-refractivity contribution is -0.352. The van der Waals surface area contributed by atoms with Gasteiger partial charge in [-0.05, 0) is 94.8 Å². The molecule has 5 rings (SSSR count). The first-order chi connectivity index (χ1) is 20.0. The van der Waals surface area contributed by atoms with Gasteiger partial charge in [-0.2, -0.15) is 0 Å². The molecule has 3 heterocycles. The molecule has 2 saturated carbocycles. The van der Waals surface area contributed by atoms with E-state index in [4.69, 9.17) is 23.7 Å². The van der Waals surface area contributed by atoms with E-state index < -0.39 is 24.3 Å². The van der Waals surface area contributed by atoms with Gasteiger partial charge in [0.1, 0.15) is 0 Å². The molecule has 1 N–H and O–H groups in total. The van der Waals surface area contributed by atoms with E-state index in [1.807, 2.05) is 0 Å². The van der Waals surface area contributed by atoms with Crippen LogP contribution in [-0.2, 0) is 28.5 Å². The Hall–Kier alpha value is -1.43. The molecule has 7 nitrogen and oxygen atoms in total. The highest BCUT2D eigenvalue weighted by molar-refractivity contribution is 5.75. The quantitative estimate of drug-likeness (QED) is 0.110. The highest BCUT2D eigenvalue weighted by Gasteiger charge is 2.50. The van der Waals surface area contributed by atoms with Crippen molar-refractivity contribution in [2.24, 2.45) is 23.7 Å². The van der Waals surface area contributed by atoms with Crippen LogP contribution in [-0.4, -0.2) is 54.9 Å². The number of aliphatic carboxylic acids is 1. The third-order valence-corrected chi connectivity index (χ3v) is 10.2. The van der Waals surface area contributed by atoms with Crippen molar-refractivity contribution in [2.45, 2.75) is 147 Å². The van der Waals surface area contributed by atoms with Gasteiger partial charge in [0.15, 0.2) is 12.6 Å². The van der Waals surface area contributed by atoms with E-state index in [1.165, 1.54) is 37.7 Å². The van der Waals surface area contributed by atoms with Gasteiger partial charge in [0.2, 0.25) is 0 Å². The fourth-order valence-electron chi connectivity index (χ4n) is 7.42. The highest BCUT2D eigenvalue weighted by Crippen LogP contribution is 2.44. The van der Waals surface area contributed by atoms with Gasteiger partial charge in [-0.25, -0.2) is 4.79 Å². The van der Waals surface area contributed by atoms with Crippen LogP contribution in [0, 0.1) is 35.5 Å². The van der Waals surface area contributed by atoms with E-state index in [-0.39, 0.29) is 18.6 Å². The maximum absolute atomic E-state index is 12.7. The first-order valence-corrected chi connectivity index (χ1v) is 16.6. The van der Waals surface area contributed by atoms with Gasteiger partial charge in [0.05, 0.1) is 12.2 Å². The monoisotopic (exact) mass is 572 g/mol. The summed E-state index contributed by atoms with van der Waals surface area (Å²) in [6, 6.07) is 0. The van der Waals surface area contributed by atoms with Crippen molar-refractivity contribution in [3.05, 3.63) is 12.2 Å². The second-order valence-corrected chi connectivity index (χ2v) is 13.1. The van der Waals surface area contributed by atoms with Gasteiger partial charge in [0.25, 0.3) is 5.79 Å². The van der Waals surface area contributed by atoms with Gasteiger partial charge in [-0.3, -0.25) is 0 Å². The number of carboxylic acid groups (broad SMARTS) is 1. The topological polar surface area (TPSA) is 86.8 Å². The number of hydrogen-bond donors (Lipinski definition) is 1. The molecule has 0 radical (unpaired) electrons. The van der Waals surface area contributed by atoms with Crippen LogP contribution in [0.4, 0.5) is 0 Å². The summed E-state index contributed by atoms with van der Waals surface area (Å²) in [5.41, 5.74) is 1.29. The molecule has 5 aliphatic rings. The van der Waals surface area contributed by atoms with Crippen LogP contribution in [0.15, 0.2) is 12.2 Å². The van der Waals surface area contributed by atoms with Gasteiger partial charge in [0, 0.05) is 32.0 Å². The number of rotatable bonds is 13. The highest BCUT2D eigenvalue weighted by atomic mass is 16.8. The van der Waals surface area contributed by atoms with Gasteiger partial charge < -0.3 is 28.8 Å². The molecule has 41 heavy (non-hydrogen) atoms. The summed E-state index contributed by atoms with van der Waals surface area (Å²) in [6.07, 6.45) is 15.6. The van der Waals surface area contributed by atoms with Crippen molar-refractivity contribution < 1.29 is 33.6 Å². The van der Waals surface area contributed by atoms with Crippen LogP contribution < -0.4 is 0 Å². The van der Waals surface area contributed by atoms with Crippen molar-refractivity contribution >= 4 is 5.97 Å². The molecule has 5 unspecified atom stereocenters. The third-order valence-electron chi connectivity index (χ3n) is 10.2. The van der Waals surface area contributed by atoms with Gasteiger partial charge in [-0.1, -0.05) is 44.3 Å². The molecule has 0 aromatic rings. The van der Waals surface area contributed by atoms with Crippen LogP contribution in [0.25, 0.3) is 0 Å². The molecule has 0 aromatic heterocycles. The maximum Gasteiger partial charge on any atom is 0.364 e. The number of hydrogen-bond acceptors (Lipinski definition) is 6. The first kappa shape index (κ1) is 31.0. The van der Waals surface area contributed by atoms with E-state index in [0.29, 0.717) is 44.3 Å². The number of ether oxygens (including phenoxy) is 5. The van der Waals surface area contributed by atoms with E-state index in [9.17, 15) is 9.90 Å². The minimum absolute atomic E-state index is 0.00337. The zero-order valence-electron chi connectivity index (χ0n) is 25.2. The number of carboxylic acids is 1. The van der Waals surface area contributed by atoms with Crippen molar-refractivity contribution in [2.75, 3.05) is 13.2 Å². The van der Waals surface area contributed by atoms with Crippen LogP contribution in [0.5, 0.6) is 0 Å². The van der Waals surface area contributed by atoms with E-state index >= 15 is 0 Å². The molecular formula is C34H52O7. The molecule has 0 aromatic carbocycles. The average Bonchev–Trinajstić information content (AvgIpc) is 3.40. The van der Waals surface area contributed by atoms with E-state index in [1.54, 1.807) is 0 Å². The smallest absolute Gasteiger partial charge is 0.364 e. The summed E-state index contributed by atoms with van der Waals surface area (Å²) in [5.74, 6) is 6.72. The molecule has 0 spiro atoms. The van der Waals surface area contributed by atoms with Crippen molar-refractivity contribution in [3.63, 3.8) is 0 Å². The van der Waals surface area contributed by atoms with Crippen molar-refractivity contribution in [1.29, 1.82) is 0 Å². The molecule has 2 aliphatic carbocycles. The Balaban J connectivity index is 1.12. The van der Waals surface area contributed by atoms with E-state index in [0.717, 1.165) is 63.2 Å². The average molecular weight is 573 g/mol. The zero-order valence-corrected chi connectivity index (χ0v) is 25.2. The fraction of sp³-hybridized carbons (Fsp3) is 0.853. The minimum Gasteiger partial charge on any atom is -0.477 e. The summed E-state index contributed by atoms with van der Waals surface area (Å²) in [7, 11) is 0. The number of carbonyl (C=O) groups is 1. The van der Waals surface area contributed by atoms with Crippen LogP contribution >= 0.6 is 0 Å². The summed E-state index contributed by atoms with van der Waals surface area (Å²) >= 11 is 0. The SMILES string of the molecule is C=C1CC[C@H](C#CCCC2CCC(CC)C2)[C@H]1C[C@H]1OC1CCC(OC1CCCCO1)(OC1CCCCO1)C(=O)O. The lowest BCUT2D eigenvalue weighted by Gasteiger charge is -2.37. The molecule has 5 fully saturated rings. The van der Waals surface area contributed by atoms with Crippen LogP contribution in [0.1, 0.15) is 116 Å². The lowest BCUT2D eigenvalue weighted by atomic mass is 9.88. The molecule has 0 amide bonds. The summed E-state index contributed by atoms with van der Waals surface area (Å²) in [5, 5.41) is 10.4. The molecule has 8 atom stereocenters. The Bertz CT molecular complexity index is 905. The second-order valence-electron chi connectivity index (χ2n) is 13.1. The standard InChI is InChI=1S/C34H52O7/c1-3-25-15-16-26(22-25)10-4-5-11-27-17-14-24(2)28(27)23-30-29(39-30)18-19-34(33(35)36,40-31-12-6-8-20-37-31)41-32-13-7-9-21-38-32/h25-32H,2-4,6-10,12-23H2,1H3,(H,35,36)/t25?,26?,27-,28-,29?,30+,31?,32?,34?/m0/s1. The largest absolute Gasteiger partial charge is 0.477 e. The Morgan fingerprint density at radius 1 is 0.976 bits per heavy atom. The maximum atomic E-state index is 12.7. The Morgan fingerprint density at radius 3 is 2.29 bits per heavy atom. The molecule has 230 valence electrons. The second kappa shape index (κ2) is 14.8. The summed E-state index contributed by atoms with van der Waals surface area (Å²) < 4.78 is 29.8. The Morgan fingerprint density at radius 2 is 1.68 bits per heavy atom. The molecule has 0 bridgehead atoms. The zero-order chi connectivity index (χ0) is 28.7. The van der Waals surface area contributed by atoms with E-state index in [2.05, 4.69) is 25.3 Å². The number of allylic oxidation sites excluding steroid dienone is 1. The summed E-state index contributed by atoms with van der Waals surface area (Å²) in [6.45, 7) is 7.83. The molecule has 3 saturated heterocycles.